The van der Waals surface area contributed by atoms with Crippen LogP contribution in [-0.4, -0.2) is 39.0 Å². The molecular formula is C22H24N4O2. The standard InChI is InChI=1S/C22H24N4O2/c1-14-4-5-19(13-24-14)22(27)26-10-7-17(8-11-26)20-12-18(6-9-23-20)21-15(2)25-28-16(21)3/h4-6,9,12-13,17H,7-8,10-11H2,1-3H3. The summed E-state index contributed by atoms with van der Waals surface area (Å²) in [5, 5.41) is 4.05. The highest BCUT2D eigenvalue weighted by Gasteiger charge is 2.26. The molecular weight excluding hydrogens is 352 g/mol. The molecule has 0 N–H and O–H groups in total. The van der Waals surface area contributed by atoms with Crippen molar-refractivity contribution >= 4 is 5.91 Å². The van der Waals surface area contributed by atoms with Crippen molar-refractivity contribution in [2.45, 2.75) is 39.5 Å². The summed E-state index contributed by atoms with van der Waals surface area (Å²) in [7, 11) is 0. The fourth-order valence-electron chi connectivity index (χ4n) is 3.88. The summed E-state index contributed by atoms with van der Waals surface area (Å²) in [5.41, 5.74) is 5.67. The number of hydrogen-bond donors (Lipinski definition) is 0. The molecule has 0 radical (unpaired) electrons. The highest BCUT2D eigenvalue weighted by Crippen LogP contribution is 2.32. The van der Waals surface area contributed by atoms with Crippen LogP contribution in [0, 0.1) is 20.8 Å². The molecule has 28 heavy (non-hydrogen) atoms. The predicted octanol–water partition coefficient (Wildman–Crippen LogP) is 4.08. The van der Waals surface area contributed by atoms with Crippen molar-refractivity contribution in [1.29, 1.82) is 0 Å². The lowest BCUT2D eigenvalue weighted by atomic mass is 9.91. The number of rotatable bonds is 3. The second-order valence-corrected chi connectivity index (χ2v) is 7.42. The van der Waals surface area contributed by atoms with Crippen LogP contribution < -0.4 is 0 Å². The fraction of sp³-hybridized carbons (Fsp3) is 0.364. The van der Waals surface area contributed by atoms with Crippen LogP contribution in [0.5, 0.6) is 0 Å². The van der Waals surface area contributed by atoms with Gasteiger partial charge in [0, 0.05) is 48.4 Å². The van der Waals surface area contributed by atoms with E-state index in [1.54, 1.807) is 6.20 Å². The molecule has 1 saturated heterocycles. The molecule has 1 aliphatic heterocycles. The summed E-state index contributed by atoms with van der Waals surface area (Å²) < 4.78 is 5.31. The Morgan fingerprint density at radius 1 is 1.11 bits per heavy atom. The van der Waals surface area contributed by atoms with Crippen molar-refractivity contribution in [2.24, 2.45) is 0 Å². The molecule has 144 valence electrons. The second-order valence-electron chi connectivity index (χ2n) is 7.42. The number of carbonyl (C=O) groups is 1. The van der Waals surface area contributed by atoms with E-state index in [4.69, 9.17) is 4.52 Å². The molecule has 3 aromatic rings. The first kappa shape index (κ1) is 18.3. The summed E-state index contributed by atoms with van der Waals surface area (Å²) in [5.74, 6) is 1.23. The number of aromatic nitrogens is 3. The molecule has 0 saturated carbocycles. The van der Waals surface area contributed by atoms with E-state index in [1.807, 2.05) is 50.1 Å². The lowest BCUT2D eigenvalue weighted by molar-refractivity contribution is 0.0711. The number of nitrogens with zero attached hydrogens (tertiary/aromatic N) is 4. The maximum atomic E-state index is 12.7. The Morgan fingerprint density at radius 2 is 1.89 bits per heavy atom. The van der Waals surface area contributed by atoms with Crippen LogP contribution in [0.15, 0.2) is 41.2 Å². The van der Waals surface area contributed by atoms with E-state index in [0.29, 0.717) is 11.5 Å². The van der Waals surface area contributed by atoms with Gasteiger partial charge in [-0.25, -0.2) is 0 Å². The Labute approximate surface area is 164 Å². The fourth-order valence-corrected chi connectivity index (χ4v) is 3.88. The van der Waals surface area contributed by atoms with Gasteiger partial charge < -0.3 is 9.42 Å². The number of likely N-dealkylation sites (tertiary alicyclic amines) is 1. The highest BCUT2D eigenvalue weighted by molar-refractivity contribution is 5.94. The Bertz CT molecular complexity index is 967. The van der Waals surface area contributed by atoms with Gasteiger partial charge >= 0.3 is 0 Å². The van der Waals surface area contributed by atoms with Gasteiger partial charge in [0.05, 0.1) is 11.3 Å². The number of pyridine rings is 2. The number of amides is 1. The molecule has 1 fully saturated rings. The third kappa shape index (κ3) is 3.54. The summed E-state index contributed by atoms with van der Waals surface area (Å²) >= 11 is 0. The zero-order valence-corrected chi connectivity index (χ0v) is 16.5. The van der Waals surface area contributed by atoms with Crippen molar-refractivity contribution in [2.75, 3.05) is 13.1 Å². The first-order valence-electron chi connectivity index (χ1n) is 9.64. The highest BCUT2D eigenvalue weighted by atomic mass is 16.5. The number of carbonyl (C=O) groups excluding carboxylic acids is 1. The van der Waals surface area contributed by atoms with Crippen LogP contribution in [0.2, 0.25) is 0 Å². The largest absolute Gasteiger partial charge is 0.361 e. The smallest absolute Gasteiger partial charge is 0.255 e. The van der Waals surface area contributed by atoms with Crippen LogP contribution in [0.3, 0.4) is 0 Å². The van der Waals surface area contributed by atoms with Crippen LogP contribution in [0.1, 0.15) is 52.0 Å². The summed E-state index contributed by atoms with van der Waals surface area (Å²) in [6.45, 7) is 7.27. The van der Waals surface area contributed by atoms with Crippen molar-refractivity contribution in [3.63, 3.8) is 0 Å². The maximum Gasteiger partial charge on any atom is 0.255 e. The number of piperidine rings is 1. The molecule has 0 spiro atoms. The van der Waals surface area contributed by atoms with E-state index in [9.17, 15) is 4.79 Å². The van der Waals surface area contributed by atoms with Gasteiger partial charge in [-0.2, -0.15) is 0 Å². The minimum atomic E-state index is 0.0587. The van der Waals surface area contributed by atoms with E-state index in [2.05, 4.69) is 21.2 Å². The van der Waals surface area contributed by atoms with Crippen molar-refractivity contribution in [3.8, 4) is 11.1 Å². The quantitative estimate of drug-likeness (QED) is 0.689. The zero-order chi connectivity index (χ0) is 19.7. The van der Waals surface area contributed by atoms with Crippen LogP contribution >= 0.6 is 0 Å². The van der Waals surface area contributed by atoms with Gasteiger partial charge in [0.1, 0.15) is 5.76 Å². The van der Waals surface area contributed by atoms with Gasteiger partial charge in [0.25, 0.3) is 5.91 Å². The molecule has 0 aromatic carbocycles. The molecule has 0 bridgehead atoms. The minimum Gasteiger partial charge on any atom is -0.361 e. The van der Waals surface area contributed by atoms with Gasteiger partial charge in [0.2, 0.25) is 0 Å². The Morgan fingerprint density at radius 3 is 2.54 bits per heavy atom. The van der Waals surface area contributed by atoms with Gasteiger partial charge in [-0.05, 0) is 63.4 Å². The van der Waals surface area contributed by atoms with E-state index < -0.39 is 0 Å². The molecule has 6 nitrogen and oxygen atoms in total. The average Bonchev–Trinajstić information content (AvgIpc) is 3.06. The second kappa shape index (κ2) is 7.54. The van der Waals surface area contributed by atoms with Crippen LogP contribution in [-0.2, 0) is 0 Å². The predicted molar refractivity (Wildman–Crippen MR) is 106 cm³/mol. The Hall–Kier alpha value is -3.02. The Kier molecular flexibility index (Phi) is 4.94. The molecule has 1 amide bonds. The zero-order valence-electron chi connectivity index (χ0n) is 16.5. The first-order valence-corrected chi connectivity index (χ1v) is 9.64. The lowest BCUT2D eigenvalue weighted by Crippen LogP contribution is -2.38. The maximum absolute atomic E-state index is 12.7. The van der Waals surface area contributed by atoms with E-state index in [-0.39, 0.29) is 5.91 Å². The SMILES string of the molecule is Cc1ccc(C(=O)N2CCC(c3cc(-c4c(C)noc4C)ccn3)CC2)cn1. The third-order valence-electron chi connectivity index (χ3n) is 5.46. The molecule has 0 atom stereocenters. The molecule has 1 aliphatic rings. The van der Waals surface area contributed by atoms with E-state index in [0.717, 1.165) is 59.9 Å². The van der Waals surface area contributed by atoms with E-state index >= 15 is 0 Å². The molecule has 0 unspecified atom stereocenters. The molecule has 3 aromatic heterocycles. The average molecular weight is 376 g/mol. The number of aryl methyl sites for hydroxylation is 3. The monoisotopic (exact) mass is 376 g/mol. The van der Waals surface area contributed by atoms with Crippen molar-refractivity contribution in [3.05, 3.63) is 65.1 Å². The molecule has 0 aliphatic carbocycles. The lowest BCUT2D eigenvalue weighted by Gasteiger charge is -2.32. The topological polar surface area (TPSA) is 72.1 Å². The van der Waals surface area contributed by atoms with Gasteiger partial charge in [-0.1, -0.05) is 5.16 Å². The summed E-state index contributed by atoms with van der Waals surface area (Å²) in [6.07, 6.45) is 5.33. The first-order chi connectivity index (χ1) is 13.5. The summed E-state index contributed by atoms with van der Waals surface area (Å²) in [6, 6.07) is 7.87. The third-order valence-corrected chi connectivity index (χ3v) is 5.46. The van der Waals surface area contributed by atoms with Crippen molar-refractivity contribution < 1.29 is 9.32 Å². The van der Waals surface area contributed by atoms with Crippen molar-refractivity contribution in [1.82, 2.24) is 20.0 Å². The normalized spacial score (nSPS) is 15.0. The number of hydrogen-bond acceptors (Lipinski definition) is 5. The molecule has 6 heteroatoms. The van der Waals surface area contributed by atoms with Gasteiger partial charge in [0.15, 0.2) is 0 Å². The van der Waals surface area contributed by atoms with E-state index in [1.165, 1.54) is 0 Å². The van der Waals surface area contributed by atoms with Crippen LogP contribution in [0.4, 0.5) is 0 Å². The minimum absolute atomic E-state index is 0.0587. The summed E-state index contributed by atoms with van der Waals surface area (Å²) in [4.78, 5) is 23.5. The van der Waals surface area contributed by atoms with Gasteiger partial charge in [-0.15, -0.1) is 0 Å². The molecule has 4 rings (SSSR count). The van der Waals surface area contributed by atoms with Gasteiger partial charge in [-0.3, -0.25) is 14.8 Å². The van der Waals surface area contributed by atoms with Crippen LogP contribution in [0.25, 0.3) is 11.1 Å². The Balaban J connectivity index is 1.46. The molecule has 4 heterocycles.